The zero-order chi connectivity index (χ0) is 13.1. The number of aromatic nitrogens is 1. The second-order valence-corrected chi connectivity index (χ2v) is 5.39. The zero-order valence-corrected chi connectivity index (χ0v) is 11.6. The average molecular weight is 269 g/mol. The van der Waals surface area contributed by atoms with E-state index in [0.717, 1.165) is 34.9 Å². The summed E-state index contributed by atoms with van der Waals surface area (Å²) in [6.07, 6.45) is 1.03. The summed E-state index contributed by atoms with van der Waals surface area (Å²) in [5.74, 6) is 0.923. The van der Waals surface area contributed by atoms with E-state index in [-0.39, 0.29) is 0 Å². The Kier molecular flexibility index (Phi) is 3.47. The Morgan fingerprint density at radius 2 is 1.84 bits per heavy atom. The van der Waals surface area contributed by atoms with Gasteiger partial charge in [0.25, 0.3) is 0 Å². The molecule has 0 N–H and O–H groups in total. The Balaban J connectivity index is 1.88. The Morgan fingerprint density at radius 1 is 1.05 bits per heavy atom. The zero-order valence-electron chi connectivity index (χ0n) is 10.8. The van der Waals surface area contributed by atoms with E-state index in [9.17, 15) is 0 Å². The van der Waals surface area contributed by atoms with Crippen LogP contribution in [0.3, 0.4) is 0 Å². The van der Waals surface area contributed by atoms with E-state index in [1.807, 2.05) is 30.3 Å². The van der Waals surface area contributed by atoms with Gasteiger partial charge in [-0.05, 0) is 42.8 Å². The number of nitrogens with zero attached hydrogens (tertiary/aromatic N) is 1. The van der Waals surface area contributed by atoms with Crippen molar-refractivity contribution in [3.05, 3.63) is 48.5 Å². The fraction of sp³-hybridized carbons (Fsp3) is 0.188. The lowest BCUT2D eigenvalue weighted by atomic mass is 10.2. The quantitative estimate of drug-likeness (QED) is 0.681. The average Bonchev–Trinajstić information content (AvgIpc) is 2.89. The van der Waals surface area contributed by atoms with Crippen LogP contribution in [0.5, 0.6) is 5.75 Å². The fourth-order valence-corrected chi connectivity index (χ4v) is 2.88. The molecule has 0 saturated heterocycles. The van der Waals surface area contributed by atoms with Crippen LogP contribution in [0.1, 0.15) is 13.3 Å². The molecule has 2 aromatic carbocycles. The molecule has 3 aromatic rings. The molecule has 0 aliphatic carbocycles. The van der Waals surface area contributed by atoms with Gasteiger partial charge in [-0.3, -0.25) is 0 Å². The van der Waals surface area contributed by atoms with Gasteiger partial charge in [-0.2, -0.15) is 0 Å². The molecule has 96 valence electrons. The molecule has 0 fully saturated rings. The summed E-state index contributed by atoms with van der Waals surface area (Å²) in [7, 11) is 0. The Bertz CT molecular complexity index is 640. The van der Waals surface area contributed by atoms with Gasteiger partial charge >= 0.3 is 0 Å². The number of para-hydroxylation sites is 1. The van der Waals surface area contributed by atoms with Gasteiger partial charge in [0.05, 0.1) is 16.8 Å². The number of hydrogen-bond donors (Lipinski definition) is 0. The van der Waals surface area contributed by atoms with E-state index in [1.54, 1.807) is 11.3 Å². The van der Waals surface area contributed by atoms with Gasteiger partial charge in [-0.1, -0.05) is 19.1 Å². The number of fused-ring (bicyclic) bond motifs is 1. The van der Waals surface area contributed by atoms with Gasteiger partial charge in [0.1, 0.15) is 10.8 Å². The topological polar surface area (TPSA) is 22.1 Å². The molecule has 0 spiro atoms. The van der Waals surface area contributed by atoms with E-state index in [1.165, 1.54) is 4.70 Å². The summed E-state index contributed by atoms with van der Waals surface area (Å²) >= 11 is 1.72. The minimum absolute atomic E-state index is 0.764. The lowest BCUT2D eigenvalue weighted by Gasteiger charge is -2.04. The first-order valence-corrected chi connectivity index (χ1v) is 7.27. The van der Waals surface area contributed by atoms with Gasteiger partial charge in [0.2, 0.25) is 0 Å². The largest absolute Gasteiger partial charge is 0.494 e. The van der Waals surface area contributed by atoms with Crippen molar-refractivity contribution in [1.82, 2.24) is 4.98 Å². The first-order chi connectivity index (χ1) is 9.36. The lowest BCUT2D eigenvalue weighted by Crippen LogP contribution is -1.94. The van der Waals surface area contributed by atoms with Crippen LogP contribution in [0.15, 0.2) is 48.5 Å². The molecule has 19 heavy (non-hydrogen) atoms. The van der Waals surface area contributed by atoms with Crippen LogP contribution in [0.4, 0.5) is 0 Å². The molecule has 0 bridgehead atoms. The molecule has 0 atom stereocenters. The predicted molar refractivity (Wildman–Crippen MR) is 80.8 cm³/mol. The summed E-state index contributed by atoms with van der Waals surface area (Å²) in [5.41, 5.74) is 2.21. The normalized spacial score (nSPS) is 10.8. The highest BCUT2D eigenvalue weighted by Crippen LogP contribution is 2.30. The third-order valence-corrected chi connectivity index (χ3v) is 3.95. The minimum Gasteiger partial charge on any atom is -0.494 e. The van der Waals surface area contributed by atoms with Crippen molar-refractivity contribution in [2.75, 3.05) is 6.61 Å². The Labute approximate surface area is 116 Å². The fourth-order valence-electron chi connectivity index (χ4n) is 1.91. The van der Waals surface area contributed by atoms with Crippen LogP contribution < -0.4 is 4.74 Å². The molecule has 0 aliphatic heterocycles. The van der Waals surface area contributed by atoms with Crippen LogP contribution in [-0.4, -0.2) is 11.6 Å². The highest BCUT2D eigenvalue weighted by Gasteiger charge is 2.05. The Morgan fingerprint density at radius 3 is 2.58 bits per heavy atom. The predicted octanol–water partition coefficient (Wildman–Crippen LogP) is 4.75. The molecule has 0 aliphatic rings. The van der Waals surface area contributed by atoms with Crippen LogP contribution in [0.25, 0.3) is 20.8 Å². The maximum atomic E-state index is 5.59. The molecular formula is C16H15NOS. The SMILES string of the molecule is CCCOc1ccc(-c2nc3ccccc3s2)cc1. The summed E-state index contributed by atoms with van der Waals surface area (Å²) < 4.78 is 6.81. The highest BCUT2D eigenvalue weighted by atomic mass is 32.1. The lowest BCUT2D eigenvalue weighted by molar-refractivity contribution is 0.317. The standard InChI is InChI=1S/C16H15NOS/c1-2-11-18-13-9-7-12(8-10-13)16-17-14-5-3-4-6-15(14)19-16/h3-10H,2,11H2,1H3. The molecule has 0 saturated carbocycles. The summed E-state index contributed by atoms with van der Waals surface area (Å²) in [6, 6.07) is 16.4. The molecule has 2 nitrogen and oxygen atoms in total. The summed E-state index contributed by atoms with van der Waals surface area (Å²) in [4.78, 5) is 4.65. The van der Waals surface area contributed by atoms with Crippen LogP contribution in [-0.2, 0) is 0 Å². The smallest absolute Gasteiger partial charge is 0.124 e. The highest BCUT2D eigenvalue weighted by molar-refractivity contribution is 7.21. The Hall–Kier alpha value is -1.87. The number of benzene rings is 2. The molecular weight excluding hydrogens is 254 g/mol. The number of thiazole rings is 1. The van der Waals surface area contributed by atoms with Crippen molar-refractivity contribution in [3.8, 4) is 16.3 Å². The first-order valence-electron chi connectivity index (χ1n) is 6.45. The second kappa shape index (κ2) is 5.41. The van der Waals surface area contributed by atoms with Crippen LogP contribution in [0.2, 0.25) is 0 Å². The maximum absolute atomic E-state index is 5.59. The van der Waals surface area contributed by atoms with E-state index in [4.69, 9.17) is 4.74 Å². The van der Waals surface area contributed by atoms with Gasteiger partial charge in [0, 0.05) is 5.56 Å². The first kappa shape index (κ1) is 12.2. The summed E-state index contributed by atoms with van der Waals surface area (Å²) in [5, 5.41) is 1.06. The van der Waals surface area contributed by atoms with Crippen molar-refractivity contribution >= 4 is 21.6 Å². The van der Waals surface area contributed by atoms with E-state index in [2.05, 4.69) is 30.1 Å². The molecule has 0 radical (unpaired) electrons. The molecule has 0 amide bonds. The van der Waals surface area contributed by atoms with Gasteiger partial charge in [-0.25, -0.2) is 4.98 Å². The van der Waals surface area contributed by atoms with Crippen molar-refractivity contribution in [1.29, 1.82) is 0 Å². The maximum Gasteiger partial charge on any atom is 0.124 e. The van der Waals surface area contributed by atoms with Gasteiger partial charge in [0.15, 0.2) is 0 Å². The minimum atomic E-state index is 0.764. The van der Waals surface area contributed by atoms with Gasteiger partial charge in [-0.15, -0.1) is 11.3 Å². The molecule has 1 heterocycles. The second-order valence-electron chi connectivity index (χ2n) is 4.36. The molecule has 1 aromatic heterocycles. The molecule has 3 heteroatoms. The monoisotopic (exact) mass is 269 g/mol. The van der Waals surface area contributed by atoms with Crippen molar-refractivity contribution < 1.29 is 4.74 Å². The van der Waals surface area contributed by atoms with E-state index >= 15 is 0 Å². The van der Waals surface area contributed by atoms with Gasteiger partial charge < -0.3 is 4.74 Å². The number of rotatable bonds is 4. The van der Waals surface area contributed by atoms with Crippen LogP contribution in [0, 0.1) is 0 Å². The van der Waals surface area contributed by atoms with E-state index in [0.29, 0.717) is 0 Å². The number of hydrogen-bond acceptors (Lipinski definition) is 3. The molecule has 3 rings (SSSR count). The number of ether oxygens (including phenoxy) is 1. The third kappa shape index (κ3) is 2.61. The summed E-state index contributed by atoms with van der Waals surface area (Å²) in [6.45, 7) is 2.87. The van der Waals surface area contributed by atoms with E-state index < -0.39 is 0 Å². The van der Waals surface area contributed by atoms with Crippen molar-refractivity contribution in [2.24, 2.45) is 0 Å². The van der Waals surface area contributed by atoms with Crippen LogP contribution >= 0.6 is 11.3 Å². The third-order valence-electron chi connectivity index (χ3n) is 2.87. The molecule has 0 unspecified atom stereocenters. The van der Waals surface area contributed by atoms with Crippen molar-refractivity contribution in [3.63, 3.8) is 0 Å². The van der Waals surface area contributed by atoms with Crippen molar-refractivity contribution in [2.45, 2.75) is 13.3 Å².